The number of hydrogen-bond acceptors (Lipinski definition) is 5. The monoisotopic (exact) mass is 432 g/mol. The van der Waals surface area contributed by atoms with Crippen LogP contribution in [0.5, 0.6) is 0 Å². The third kappa shape index (κ3) is 4.84. The molecule has 0 radical (unpaired) electrons. The van der Waals surface area contributed by atoms with Gasteiger partial charge in [0.1, 0.15) is 17.2 Å². The zero-order chi connectivity index (χ0) is 22.2. The van der Waals surface area contributed by atoms with Gasteiger partial charge in [0.2, 0.25) is 0 Å². The maximum absolute atomic E-state index is 14.9. The third-order valence-corrected chi connectivity index (χ3v) is 6.48. The van der Waals surface area contributed by atoms with Gasteiger partial charge in [0.05, 0.1) is 17.8 Å². The highest BCUT2D eigenvalue weighted by Crippen LogP contribution is 2.37. The summed E-state index contributed by atoms with van der Waals surface area (Å²) in [5.74, 6) is 0.934. The average molecular weight is 433 g/mol. The number of ether oxygens (including phenoxy) is 2. The van der Waals surface area contributed by atoms with Crippen molar-refractivity contribution in [2.45, 2.75) is 82.8 Å². The number of fused-ring (bicyclic) bond motifs is 1. The largest absolute Gasteiger partial charge is 0.444 e. The topological polar surface area (TPSA) is 80.3 Å². The molecule has 3 heterocycles. The number of halogens is 1. The van der Waals surface area contributed by atoms with Crippen LogP contribution < -0.4 is 0 Å². The minimum atomic E-state index is -0.522. The smallest absolute Gasteiger partial charge is 0.410 e. The molecule has 0 atom stereocenters. The lowest BCUT2D eigenvalue weighted by Gasteiger charge is -2.33. The van der Waals surface area contributed by atoms with Crippen molar-refractivity contribution in [1.29, 1.82) is 0 Å². The number of hydrogen-bond donors (Lipinski definition) is 1. The maximum Gasteiger partial charge on any atom is 0.410 e. The van der Waals surface area contributed by atoms with E-state index in [2.05, 4.69) is 9.97 Å². The molecule has 1 N–H and O–H groups in total. The summed E-state index contributed by atoms with van der Waals surface area (Å²) in [6, 6.07) is 0. The molecule has 1 saturated heterocycles. The van der Waals surface area contributed by atoms with Gasteiger partial charge in [-0.15, -0.1) is 0 Å². The Labute approximate surface area is 182 Å². The predicted octanol–water partition coefficient (Wildman–Crippen LogP) is 4.88. The Morgan fingerprint density at radius 3 is 2.42 bits per heavy atom. The number of amides is 1. The molecule has 1 amide bonds. The van der Waals surface area contributed by atoms with Gasteiger partial charge in [-0.3, -0.25) is 0 Å². The van der Waals surface area contributed by atoms with Crippen molar-refractivity contribution in [1.82, 2.24) is 19.9 Å². The SMILES string of the molecule is COC1CCC(c2nc3ncc(F)c(C4CCN(C(=O)OC(C)(C)C)CC4)c3[nH]2)CC1. The van der Waals surface area contributed by atoms with Crippen LogP contribution in [0.15, 0.2) is 6.20 Å². The summed E-state index contributed by atoms with van der Waals surface area (Å²) < 4.78 is 25.8. The molecule has 170 valence electrons. The lowest BCUT2D eigenvalue weighted by atomic mass is 9.87. The van der Waals surface area contributed by atoms with E-state index in [1.165, 1.54) is 6.20 Å². The number of nitrogens with one attached hydrogen (secondary N) is 1. The van der Waals surface area contributed by atoms with Crippen LogP contribution in [0.25, 0.3) is 11.2 Å². The number of H-pyrrole nitrogens is 1. The van der Waals surface area contributed by atoms with Crippen LogP contribution >= 0.6 is 0 Å². The maximum atomic E-state index is 14.9. The first-order valence-corrected chi connectivity index (χ1v) is 11.3. The molecule has 2 aliphatic rings. The minimum absolute atomic E-state index is 0.0155. The average Bonchev–Trinajstić information content (AvgIpc) is 3.17. The second-order valence-electron chi connectivity index (χ2n) is 9.79. The van der Waals surface area contributed by atoms with Crippen molar-refractivity contribution >= 4 is 17.3 Å². The van der Waals surface area contributed by atoms with Crippen molar-refractivity contribution in [3.8, 4) is 0 Å². The molecular formula is C23H33FN4O3. The quantitative estimate of drug-likeness (QED) is 0.747. The number of rotatable bonds is 3. The Hall–Kier alpha value is -2.22. The summed E-state index contributed by atoms with van der Waals surface area (Å²) in [6.45, 7) is 6.67. The summed E-state index contributed by atoms with van der Waals surface area (Å²) in [5, 5.41) is 0. The molecule has 7 nitrogen and oxygen atoms in total. The molecule has 2 aromatic heterocycles. The summed E-state index contributed by atoms with van der Waals surface area (Å²) in [5.41, 5.74) is 1.42. The van der Waals surface area contributed by atoms with E-state index in [9.17, 15) is 9.18 Å². The zero-order valence-corrected chi connectivity index (χ0v) is 18.9. The lowest BCUT2D eigenvalue weighted by Crippen LogP contribution is -2.41. The summed E-state index contributed by atoms with van der Waals surface area (Å²) in [7, 11) is 1.76. The molecule has 8 heteroatoms. The summed E-state index contributed by atoms with van der Waals surface area (Å²) in [6.07, 6.45) is 6.69. The molecule has 1 aliphatic heterocycles. The number of nitrogens with zero attached hydrogens (tertiary/aromatic N) is 3. The van der Waals surface area contributed by atoms with Gasteiger partial charge < -0.3 is 19.4 Å². The highest BCUT2D eigenvalue weighted by Gasteiger charge is 2.31. The van der Waals surface area contributed by atoms with E-state index in [1.54, 1.807) is 12.0 Å². The van der Waals surface area contributed by atoms with Crippen molar-refractivity contribution < 1.29 is 18.7 Å². The molecule has 2 aromatic rings. The van der Waals surface area contributed by atoms with Gasteiger partial charge in [0, 0.05) is 31.7 Å². The van der Waals surface area contributed by atoms with Crippen molar-refractivity contribution in [2.75, 3.05) is 20.2 Å². The Morgan fingerprint density at radius 1 is 1.13 bits per heavy atom. The number of aromatic nitrogens is 3. The van der Waals surface area contributed by atoms with Gasteiger partial charge in [-0.1, -0.05) is 0 Å². The van der Waals surface area contributed by atoms with E-state index in [0.29, 0.717) is 54.7 Å². The van der Waals surface area contributed by atoms with Gasteiger partial charge in [0.15, 0.2) is 5.65 Å². The van der Waals surface area contributed by atoms with E-state index in [1.807, 2.05) is 20.8 Å². The van der Waals surface area contributed by atoms with Crippen LogP contribution in [0.2, 0.25) is 0 Å². The summed E-state index contributed by atoms with van der Waals surface area (Å²) in [4.78, 5) is 26.4. The number of imidazole rings is 1. The van der Waals surface area contributed by atoms with Crippen molar-refractivity contribution in [2.24, 2.45) is 0 Å². The fraction of sp³-hybridized carbons (Fsp3) is 0.696. The third-order valence-electron chi connectivity index (χ3n) is 6.48. The Morgan fingerprint density at radius 2 is 1.81 bits per heavy atom. The van der Waals surface area contributed by atoms with Gasteiger partial charge in [-0.05, 0) is 65.2 Å². The van der Waals surface area contributed by atoms with E-state index in [-0.39, 0.29) is 17.8 Å². The minimum Gasteiger partial charge on any atom is -0.444 e. The zero-order valence-electron chi connectivity index (χ0n) is 18.9. The molecule has 1 saturated carbocycles. The first-order chi connectivity index (χ1) is 14.7. The second-order valence-corrected chi connectivity index (χ2v) is 9.79. The number of carbonyl (C=O) groups excluding carboxylic acids is 1. The first kappa shape index (κ1) is 22.0. The molecule has 0 unspecified atom stereocenters. The molecule has 1 aliphatic carbocycles. The number of aromatic amines is 1. The number of likely N-dealkylation sites (tertiary alicyclic amines) is 1. The summed E-state index contributed by atoms with van der Waals surface area (Å²) >= 11 is 0. The van der Waals surface area contributed by atoms with Crippen LogP contribution in [0.3, 0.4) is 0 Å². The fourth-order valence-corrected chi connectivity index (χ4v) is 4.81. The second kappa shape index (κ2) is 8.73. The number of carbonyl (C=O) groups is 1. The molecular weight excluding hydrogens is 399 g/mol. The standard InChI is InChI=1S/C23H33FN4O3/c1-23(2,3)31-22(29)28-11-9-14(10-12-28)18-17(24)13-25-21-19(18)26-20(27-21)15-5-7-16(30-4)8-6-15/h13-16H,5-12H2,1-4H3,(H,25,26,27). The van der Waals surface area contributed by atoms with Crippen LogP contribution in [0, 0.1) is 5.82 Å². The number of methoxy groups -OCH3 is 1. The van der Waals surface area contributed by atoms with Gasteiger partial charge in [0.25, 0.3) is 0 Å². The van der Waals surface area contributed by atoms with E-state index < -0.39 is 5.60 Å². The van der Waals surface area contributed by atoms with Crippen molar-refractivity contribution in [3.05, 3.63) is 23.4 Å². The molecule has 0 bridgehead atoms. The van der Waals surface area contributed by atoms with E-state index in [0.717, 1.165) is 31.5 Å². The highest BCUT2D eigenvalue weighted by molar-refractivity contribution is 5.76. The lowest BCUT2D eigenvalue weighted by molar-refractivity contribution is 0.0204. The predicted molar refractivity (Wildman–Crippen MR) is 116 cm³/mol. The van der Waals surface area contributed by atoms with Crippen molar-refractivity contribution in [3.63, 3.8) is 0 Å². The molecule has 31 heavy (non-hydrogen) atoms. The van der Waals surface area contributed by atoms with Gasteiger partial charge in [-0.2, -0.15) is 0 Å². The van der Waals surface area contributed by atoms with Gasteiger partial charge in [-0.25, -0.2) is 19.2 Å². The van der Waals surface area contributed by atoms with Crippen LogP contribution in [0.4, 0.5) is 9.18 Å². The van der Waals surface area contributed by atoms with Crippen LogP contribution in [-0.4, -0.2) is 57.8 Å². The Kier molecular flexibility index (Phi) is 6.19. The number of piperidine rings is 1. The van der Waals surface area contributed by atoms with E-state index >= 15 is 0 Å². The van der Waals surface area contributed by atoms with E-state index in [4.69, 9.17) is 14.5 Å². The molecule has 2 fully saturated rings. The highest BCUT2D eigenvalue weighted by atomic mass is 19.1. The first-order valence-electron chi connectivity index (χ1n) is 11.3. The van der Waals surface area contributed by atoms with Gasteiger partial charge >= 0.3 is 6.09 Å². The fourth-order valence-electron chi connectivity index (χ4n) is 4.81. The Bertz CT molecular complexity index is 923. The molecule has 0 aromatic carbocycles. The normalized spacial score (nSPS) is 23.3. The molecule has 0 spiro atoms. The number of pyridine rings is 1. The molecule has 4 rings (SSSR count). The van der Waals surface area contributed by atoms with Crippen LogP contribution in [0.1, 0.15) is 82.5 Å². The Balaban J connectivity index is 1.50. The van der Waals surface area contributed by atoms with Crippen LogP contribution in [-0.2, 0) is 9.47 Å².